The van der Waals surface area contributed by atoms with Crippen molar-refractivity contribution < 1.29 is 0 Å². The maximum absolute atomic E-state index is 9.13. The molecule has 0 unspecified atom stereocenters. The summed E-state index contributed by atoms with van der Waals surface area (Å²) in [6.45, 7) is 2.07. The van der Waals surface area contributed by atoms with Crippen LogP contribution in [0, 0.1) is 18.3 Å². The fourth-order valence-corrected chi connectivity index (χ4v) is 2.21. The van der Waals surface area contributed by atoms with Gasteiger partial charge in [0.1, 0.15) is 6.07 Å². The molecule has 0 spiro atoms. The van der Waals surface area contributed by atoms with E-state index >= 15 is 0 Å². The molecule has 0 aliphatic rings. The molecule has 2 aromatic rings. The predicted octanol–water partition coefficient (Wildman–Crippen LogP) is 4.33. The molecule has 20 heavy (non-hydrogen) atoms. The minimum atomic E-state index is 0.571. The molecule has 102 valence electrons. The van der Waals surface area contributed by atoms with Gasteiger partial charge < -0.3 is 10.2 Å². The number of halogens is 1. The number of anilines is 3. The molecule has 4 heteroatoms. The molecule has 2 rings (SSSR count). The van der Waals surface area contributed by atoms with Gasteiger partial charge in [-0.15, -0.1) is 0 Å². The van der Waals surface area contributed by atoms with E-state index in [1.165, 1.54) is 5.56 Å². The van der Waals surface area contributed by atoms with Gasteiger partial charge in [0.15, 0.2) is 0 Å². The summed E-state index contributed by atoms with van der Waals surface area (Å²) < 4.78 is 0. The van der Waals surface area contributed by atoms with Gasteiger partial charge in [0, 0.05) is 30.5 Å². The molecule has 0 atom stereocenters. The van der Waals surface area contributed by atoms with Crippen LogP contribution in [0.15, 0.2) is 36.4 Å². The lowest BCUT2D eigenvalue weighted by atomic mass is 10.1. The molecule has 2 aromatic carbocycles. The summed E-state index contributed by atoms with van der Waals surface area (Å²) in [6.07, 6.45) is 0. The van der Waals surface area contributed by atoms with Crippen LogP contribution in [-0.4, -0.2) is 14.1 Å². The fraction of sp³-hybridized carbons (Fsp3) is 0.188. The second-order valence-corrected chi connectivity index (χ2v) is 5.26. The molecule has 0 amide bonds. The topological polar surface area (TPSA) is 39.1 Å². The van der Waals surface area contributed by atoms with Crippen molar-refractivity contribution in [3.05, 3.63) is 52.5 Å². The van der Waals surface area contributed by atoms with Gasteiger partial charge in [-0.1, -0.05) is 17.7 Å². The van der Waals surface area contributed by atoms with E-state index in [9.17, 15) is 0 Å². The molecule has 3 nitrogen and oxygen atoms in total. The third-order valence-electron chi connectivity index (χ3n) is 3.07. The van der Waals surface area contributed by atoms with Gasteiger partial charge in [-0.05, 0) is 42.8 Å². The Labute approximate surface area is 124 Å². The summed E-state index contributed by atoms with van der Waals surface area (Å²) in [5, 5.41) is 13.0. The van der Waals surface area contributed by atoms with Gasteiger partial charge in [-0.25, -0.2) is 0 Å². The molecule has 0 fully saturated rings. The van der Waals surface area contributed by atoms with Crippen molar-refractivity contribution in [2.75, 3.05) is 24.3 Å². The molecule has 1 N–H and O–H groups in total. The molecule has 0 aliphatic heterocycles. The quantitative estimate of drug-likeness (QED) is 0.912. The molecule has 0 saturated heterocycles. The summed E-state index contributed by atoms with van der Waals surface area (Å²) in [4.78, 5) is 2.06. The van der Waals surface area contributed by atoms with Gasteiger partial charge in [0.2, 0.25) is 0 Å². The van der Waals surface area contributed by atoms with Crippen LogP contribution < -0.4 is 10.2 Å². The van der Waals surface area contributed by atoms with Gasteiger partial charge >= 0.3 is 0 Å². The van der Waals surface area contributed by atoms with E-state index < -0.39 is 0 Å². The summed E-state index contributed by atoms with van der Waals surface area (Å²) >= 11 is 5.99. The average Bonchev–Trinajstić information content (AvgIpc) is 2.41. The Kier molecular flexibility index (Phi) is 4.16. The van der Waals surface area contributed by atoms with Crippen molar-refractivity contribution in [1.29, 1.82) is 5.26 Å². The Morgan fingerprint density at radius 1 is 1.15 bits per heavy atom. The largest absolute Gasteiger partial charge is 0.377 e. The van der Waals surface area contributed by atoms with Gasteiger partial charge in [-0.2, -0.15) is 5.26 Å². The highest BCUT2D eigenvalue weighted by Gasteiger charge is 2.06. The Balaban J connectivity index is 2.38. The van der Waals surface area contributed by atoms with Crippen molar-refractivity contribution in [3.8, 4) is 6.07 Å². The minimum Gasteiger partial charge on any atom is -0.377 e. The normalized spacial score (nSPS) is 9.95. The number of benzene rings is 2. The van der Waals surface area contributed by atoms with Crippen LogP contribution in [0.3, 0.4) is 0 Å². The third kappa shape index (κ3) is 3.04. The first-order chi connectivity index (χ1) is 9.51. The van der Waals surface area contributed by atoms with Gasteiger partial charge in [0.25, 0.3) is 0 Å². The number of nitrogens with one attached hydrogen (secondary N) is 1. The summed E-state index contributed by atoms with van der Waals surface area (Å²) in [5.74, 6) is 0. The molecule has 0 saturated carbocycles. The first kappa shape index (κ1) is 14.2. The highest BCUT2D eigenvalue weighted by Crippen LogP contribution is 2.28. The van der Waals surface area contributed by atoms with E-state index in [0.717, 1.165) is 11.4 Å². The maximum atomic E-state index is 9.13. The van der Waals surface area contributed by atoms with Gasteiger partial charge in [0.05, 0.1) is 11.3 Å². The van der Waals surface area contributed by atoms with E-state index in [1.54, 1.807) is 18.2 Å². The van der Waals surface area contributed by atoms with E-state index in [-0.39, 0.29) is 0 Å². The number of rotatable bonds is 3. The standard InChI is InChI=1S/C16H16ClN3/c1-11-4-7-14(9-16(11)20(2)3)19-15-8-13(17)6-5-12(15)10-18/h4-9,19H,1-3H3. The molecular formula is C16H16ClN3. The zero-order chi connectivity index (χ0) is 14.7. The smallest absolute Gasteiger partial charge is 0.101 e. The Morgan fingerprint density at radius 2 is 1.90 bits per heavy atom. The SMILES string of the molecule is Cc1ccc(Nc2cc(Cl)ccc2C#N)cc1N(C)C. The number of nitriles is 1. The number of hydrogen-bond donors (Lipinski definition) is 1. The molecule has 0 radical (unpaired) electrons. The Morgan fingerprint density at radius 3 is 2.55 bits per heavy atom. The Hall–Kier alpha value is -2.18. The first-order valence-electron chi connectivity index (χ1n) is 6.26. The van der Waals surface area contributed by atoms with Crippen LogP contribution in [0.1, 0.15) is 11.1 Å². The van der Waals surface area contributed by atoms with Crippen LogP contribution >= 0.6 is 11.6 Å². The minimum absolute atomic E-state index is 0.571. The van der Waals surface area contributed by atoms with Crippen molar-refractivity contribution in [2.45, 2.75) is 6.92 Å². The fourth-order valence-electron chi connectivity index (χ4n) is 2.04. The Bertz CT molecular complexity index is 672. The van der Waals surface area contributed by atoms with Crippen molar-refractivity contribution in [2.24, 2.45) is 0 Å². The van der Waals surface area contributed by atoms with Gasteiger partial charge in [-0.3, -0.25) is 0 Å². The third-order valence-corrected chi connectivity index (χ3v) is 3.31. The molecule has 0 aromatic heterocycles. The lowest BCUT2D eigenvalue weighted by Gasteiger charge is -2.18. The number of hydrogen-bond acceptors (Lipinski definition) is 3. The zero-order valence-corrected chi connectivity index (χ0v) is 12.5. The molecular weight excluding hydrogens is 270 g/mol. The van der Waals surface area contributed by atoms with E-state index in [1.807, 2.05) is 26.2 Å². The van der Waals surface area contributed by atoms with E-state index in [2.05, 4.69) is 29.3 Å². The monoisotopic (exact) mass is 285 g/mol. The van der Waals surface area contributed by atoms with Crippen LogP contribution in [0.5, 0.6) is 0 Å². The maximum Gasteiger partial charge on any atom is 0.101 e. The molecule has 0 aliphatic carbocycles. The second-order valence-electron chi connectivity index (χ2n) is 4.82. The predicted molar refractivity (Wildman–Crippen MR) is 85.0 cm³/mol. The van der Waals surface area contributed by atoms with Crippen LogP contribution in [-0.2, 0) is 0 Å². The second kappa shape index (κ2) is 5.85. The van der Waals surface area contributed by atoms with Crippen LogP contribution in [0.25, 0.3) is 0 Å². The lowest BCUT2D eigenvalue weighted by Crippen LogP contribution is -2.10. The number of aryl methyl sites for hydroxylation is 1. The summed E-state index contributed by atoms with van der Waals surface area (Å²) in [7, 11) is 4.01. The van der Waals surface area contributed by atoms with Crippen molar-refractivity contribution in [3.63, 3.8) is 0 Å². The molecule has 0 bridgehead atoms. The zero-order valence-electron chi connectivity index (χ0n) is 11.7. The number of nitrogens with zero attached hydrogens (tertiary/aromatic N) is 2. The highest BCUT2D eigenvalue weighted by atomic mass is 35.5. The lowest BCUT2D eigenvalue weighted by molar-refractivity contribution is 1.11. The van der Waals surface area contributed by atoms with Crippen molar-refractivity contribution in [1.82, 2.24) is 0 Å². The van der Waals surface area contributed by atoms with Crippen LogP contribution in [0.4, 0.5) is 17.1 Å². The average molecular weight is 286 g/mol. The summed E-state index contributed by atoms with van der Waals surface area (Å²) in [6, 6.07) is 13.4. The first-order valence-corrected chi connectivity index (χ1v) is 6.63. The van der Waals surface area contributed by atoms with E-state index in [4.69, 9.17) is 16.9 Å². The van der Waals surface area contributed by atoms with Crippen molar-refractivity contribution >= 4 is 28.7 Å². The van der Waals surface area contributed by atoms with Crippen LogP contribution in [0.2, 0.25) is 5.02 Å². The van der Waals surface area contributed by atoms with E-state index in [0.29, 0.717) is 16.3 Å². The highest BCUT2D eigenvalue weighted by molar-refractivity contribution is 6.30. The molecule has 0 heterocycles. The summed E-state index contributed by atoms with van der Waals surface area (Å²) in [5.41, 5.74) is 4.55.